The van der Waals surface area contributed by atoms with Gasteiger partial charge in [0.1, 0.15) is 21.5 Å². The lowest BCUT2D eigenvalue weighted by Crippen LogP contribution is -2.33. The maximum Gasteiger partial charge on any atom is 0.340 e. The molecular weight excluding hydrogens is 479 g/mol. The van der Waals surface area contributed by atoms with E-state index in [4.69, 9.17) is 32.7 Å². The number of rotatable bonds is 2. The molecule has 0 bridgehead atoms. The lowest BCUT2D eigenvalue weighted by molar-refractivity contribution is 0.0224. The molecule has 0 saturated heterocycles. The molecule has 1 spiro atoms. The Balaban J connectivity index is 1.96. The lowest BCUT2D eigenvalue weighted by Gasteiger charge is -2.37. The Bertz CT molecular complexity index is 1390. The number of hydrogen-bond acceptors (Lipinski definition) is 7. The van der Waals surface area contributed by atoms with E-state index in [1.165, 1.54) is 24.3 Å². The zero-order valence-corrected chi connectivity index (χ0v) is 17.6. The third-order valence-electron chi connectivity index (χ3n) is 5.58. The number of hydrogen-bond donors (Lipinski definition) is 4. The molecule has 0 amide bonds. The fourth-order valence-electron chi connectivity index (χ4n) is 4.16. The first kappa shape index (κ1) is 20.9. The van der Waals surface area contributed by atoms with E-state index in [0.29, 0.717) is 0 Å². The van der Waals surface area contributed by atoms with Crippen LogP contribution >= 0.6 is 23.2 Å². The first-order chi connectivity index (χ1) is 15.6. The van der Waals surface area contributed by atoms with Crippen LogP contribution in [0.2, 0.25) is 10.0 Å². The predicted molar refractivity (Wildman–Crippen MR) is 112 cm³/mol. The van der Waals surface area contributed by atoms with Crippen molar-refractivity contribution >= 4 is 41.1 Å². The van der Waals surface area contributed by atoms with Gasteiger partial charge in [0.2, 0.25) is 0 Å². The number of aromatic carboxylic acids is 2. The molecule has 0 atom stereocenters. The van der Waals surface area contributed by atoms with Gasteiger partial charge in [-0.15, -0.1) is 0 Å². The fourth-order valence-corrected chi connectivity index (χ4v) is 4.56. The van der Waals surface area contributed by atoms with E-state index in [-0.39, 0.29) is 55.3 Å². The van der Waals surface area contributed by atoms with Crippen LogP contribution < -0.4 is 4.74 Å². The minimum absolute atomic E-state index is 0.00390. The number of carboxylic acid groups (broad SMARTS) is 2. The number of phenols is 2. The van der Waals surface area contributed by atoms with Crippen LogP contribution in [0, 0.1) is 0 Å². The summed E-state index contributed by atoms with van der Waals surface area (Å²) in [7, 11) is 0. The molecule has 9 nitrogen and oxygen atoms in total. The molecule has 33 heavy (non-hydrogen) atoms. The largest absolute Gasteiger partial charge is 0.506 e. The molecular formula is C22H10Cl2O9. The van der Waals surface area contributed by atoms with Gasteiger partial charge < -0.3 is 29.9 Å². The molecule has 0 radical (unpaired) electrons. The zero-order chi connectivity index (χ0) is 23.8. The van der Waals surface area contributed by atoms with Crippen molar-refractivity contribution in [2.45, 2.75) is 5.60 Å². The van der Waals surface area contributed by atoms with Crippen LogP contribution in [0.1, 0.15) is 47.8 Å². The molecule has 0 aliphatic carbocycles. The average Bonchev–Trinajstić information content (AvgIpc) is 3.05. The van der Waals surface area contributed by atoms with Crippen molar-refractivity contribution in [3.05, 3.63) is 79.8 Å². The Morgan fingerprint density at radius 2 is 1.27 bits per heavy atom. The number of ether oxygens (including phenoxy) is 2. The van der Waals surface area contributed by atoms with E-state index in [9.17, 15) is 34.8 Å². The van der Waals surface area contributed by atoms with Crippen LogP contribution in [0.25, 0.3) is 0 Å². The molecule has 3 aromatic rings. The smallest absolute Gasteiger partial charge is 0.340 e. The average molecular weight is 489 g/mol. The molecule has 4 N–H and O–H groups in total. The Hall–Kier alpha value is -3.95. The zero-order valence-electron chi connectivity index (χ0n) is 16.1. The molecule has 11 heteroatoms. The molecule has 0 saturated carbocycles. The van der Waals surface area contributed by atoms with Gasteiger partial charge in [-0.3, -0.25) is 0 Å². The van der Waals surface area contributed by atoms with Crippen LogP contribution in [-0.2, 0) is 10.3 Å². The Morgan fingerprint density at radius 1 is 0.788 bits per heavy atom. The highest BCUT2D eigenvalue weighted by molar-refractivity contribution is 6.34. The number of esters is 1. The highest BCUT2D eigenvalue weighted by Crippen LogP contribution is 2.60. The third-order valence-corrected chi connectivity index (χ3v) is 6.31. The number of fused-ring (bicyclic) bond motifs is 6. The van der Waals surface area contributed by atoms with Crippen molar-refractivity contribution in [3.63, 3.8) is 0 Å². The van der Waals surface area contributed by atoms with Crippen molar-refractivity contribution in [1.82, 2.24) is 0 Å². The summed E-state index contributed by atoms with van der Waals surface area (Å²) in [5.41, 5.74) is -2.96. The van der Waals surface area contributed by atoms with E-state index in [0.717, 1.165) is 12.1 Å². The van der Waals surface area contributed by atoms with Gasteiger partial charge >= 0.3 is 17.9 Å². The Labute approximate surface area is 193 Å². The standard InChI is InChI=1S/C22H10Cl2O9/c23-15-13(25)3-1-10-17(15)32-18-11(2-4-14(26)16(18)24)22(10)12-6-8(20(29)30)7(19(27)28)5-9(12)21(31)33-22/h1-6,25-26H,(H,27,28)(H,29,30). The van der Waals surface area contributed by atoms with Gasteiger partial charge in [0, 0.05) is 16.7 Å². The number of aromatic hydroxyl groups is 2. The minimum atomic E-state index is -1.86. The van der Waals surface area contributed by atoms with Crippen molar-refractivity contribution in [2.75, 3.05) is 0 Å². The molecule has 2 aliphatic rings. The third kappa shape index (κ3) is 2.63. The number of carbonyl (C=O) groups is 3. The quantitative estimate of drug-likeness (QED) is 0.385. The van der Waals surface area contributed by atoms with Gasteiger partial charge in [-0.1, -0.05) is 23.2 Å². The first-order valence-electron chi connectivity index (χ1n) is 9.18. The van der Waals surface area contributed by atoms with Crippen LogP contribution in [0.3, 0.4) is 0 Å². The van der Waals surface area contributed by atoms with Crippen molar-refractivity contribution in [3.8, 4) is 23.0 Å². The summed E-state index contributed by atoms with van der Waals surface area (Å²) in [6.07, 6.45) is 0. The fraction of sp³-hybridized carbons (Fsp3) is 0.0455. The Kier molecular flexibility index (Phi) is 4.29. The van der Waals surface area contributed by atoms with Gasteiger partial charge in [-0.25, -0.2) is 14.4 Å². The van der Waals surface area contributed by atoms with E-state index in [1.807, 2.05) is 0 Å². The number of carboxylic acids is 2. The van der Waals surface area contributed by atoms with Crippen molar-refractivity contribution in [1.29, 1.82) is 0 Å². The normalized spacial score (nSPS) is 14.7. The summed E-state index contributed by atoms with van der Waals surface area (Å²) < 4.78 is 11.6. The van der Waals surface area contributed by atoms with Crippen molar-refractivity contribution in [2.24, 2.45) is 0 Å². The van der Waals surface area contributed by atoms with Gasteiger partial charge in [-0.05, 0) is 36.4 Å². The van der Waals surface area contributed by atoms with Gasteiger partial charge in [0.05, 0.1) is 16.7 Å². The molecule has 2 aliphatic heterocycles. The molecule has 2 heterocycles. The van der Waals surface area contributed by atoms with Crippen LogP contribution in [0.15, 0.2) is 36.4 Å². The summed E-state index contributed by atoms with van der Waals surface area (Å²) in [4.78, 5) is 36.4. The second-order valence-corrected chi connectivity index (χ2v) is 8.03. The van der Waals surface area contributed by atoms with E-state index in [1.54, 1.807) is 0 Å². The van der Waals surface area contributed by atoms with E-state index in [2.05, 4.69) is 0 Å². The molecule has 0 fully saturated rings. The van der Waals surface area contributed by atoms with Gasteiger partial charge in [0.15, 0.2) is 17.1 Å². The SMILES string of the molecule is O=C(O)c1cc2c(cc1C(=O)O)C1(OC2=O)c2ccc(O)c(Cl)c2Oc2c1ccc(O)c2Cl. The maximum atomic E-state index is 13.0. The summed E-state index contributed by atoms with van der Waals surface area (Å²) >= 11 is 12.5. The Morgan fingerprint density at radius 3 is 1.76 bits per heavy atom. The summed E-state index contributed by atoms with van der Waals surface area (Å²) in [6, 6.07) is 7.16. The lowest BCUT2D eigenvalue weighted by atomic mass is 9.76. The second kappa shape index (κ2) is 6.77. The van der Waals surface area contributed by atoms with E-state index >= 15 is 0 Å². The highest BCUT2D eigenvalue weighted by atomic mass is 35.5. The van der Waals surface area contributed by atoms with Gasteiger partial charge in [-0.2, -0.15) is 0 Å². The molecule has 3 aromatic carbocycles. The minimum Gasteiger partial charge on any atom is -0.506 e. The monoisotopic (exact) mass is 488 g/mol. The number of halogens is 2. The van der Waals surface area contributed by atoms with E-state index < -0.39 is 34.6 Å². The predicted octanol–water partition coefficient (Wildman–Crippen LogP) is 4.37. The second-order valence-electron chi connectivity index (χ2n) is 7.28. The summed E-state index contributed by atoms with van der Waals surface area (Å²) in [6.45, 7) is 0. The van der Waals surface area contributed by atoms with Crippen molar-refractivity contribution < 1.29 is 44.3 Å². The topological polar surface area (TPSA) is 151 Å². The van der Waals surface area contributed by atoms with Crippen LogP contribution in [0.4, 0.5) is 0 Å². The number of carbonyl (C=O) groups excluding carboxylic acids is 1. The summed E-state index contributed by atoms with van der Waals surface area (Å²) in [5.74, 6) is -5.02. The molecule has 166 valence electrons. The first-order valence-corrected chi connectivity index (χ1v) is 9.93. The van der Waals surface area contributed by atoms with Gasteiger partial charge in [0.25, 0.3) is 0 Å². The highest BCUT2D eigenvalue weighted by Gasteiger charge is 2.55. The molecule has 5 rings (SSSR count). The molecule has 0 unspecified atom stereocenters. The van der Waals surface area contributed by atoms with Crippen LogP contribution in [0.5, 0.6) is 23.0 Å². The summed E-state index contributed by atoms with van der Waals surface area (Å²) in [5, 5.41) is 38.8. The maximum absolute atomic E-state index is 13.0. The number of benzene rings is 3. The van der Waals surface area contributed by atoms with Crippen LogP contribution in [-0.4, -0.2) is 38.3 Å². The molecule has 0 aromatic heterocycles. The number of phenolic OH excluding ortho intramolecular Hbond substituents is 2.